The van der Waals surface area contributed by atoms with Crippen LogP contribution in [0, 0.1) is 11.8 Å². The third-order valence-corrected chi connectivity index (χ3v) is 4.95. The quantitative estimate of drug-likeness (QED) is 0.495. The summed E-state index contributed by atoms with van der Waals surface area (Å²) < 4.78 is 50.4. The second-order valence-corrected chi connectivity index (χ2v) is 6.89. The van der Waals surface area contributed by atoms with Crippen LogP contribution in [0.4, 0.5) is 20.3 Å². The molecular formula is C23H25F2N3O4. The predicted octanol–water partition coefficient (Wildman–Crippen LogP) is 4.18. The first-order valence-corrected chi connectivity index (χ1v) is 9.68. The summed E-state index contributed by atoms with van der Waals surface area (Å²) in [5.74, 6) is 0.402. The van der Waals surface area contributed by atoms with Crippen molar-refractivity contribution in [2.45, 2.75) is 13.1 Å². The van der Waals surface area contributed by atoms with E-state index in [1.54, 1.807) is 55.5 Å². The van der Waals surface area contributed by atoms with E-state index in [9.17, 15) is 8.78 Å². The summed E-state index contributed by atoms with van der Waals surface area (Å²) in [6.45, 7) is 0.325. The van der Waals surface area contributed by atoms with Gasteiger partial charge in [-0.1, -0.05) is 0 Å². The van der Waals surface area contributed by atoms with E-state index >= 15 is 0 Å². The highest BCUT2D eigenvalue weighted by Gasteiger charge is 2.21. The number of anilines is 2. The van der Waals surface area contributed by atoms with Gasteiger partial charge in [0.25, 0.3) is 0 Å². The summed E-state index contributed by atoms with van der Waals surface area (Å²) in [4.78, 5) is 5.35. The zero-order valence-electron chi connectivity index (χ0n) is 18.3. The van der Waals surface area contributed by atoms with E-state index in [2.05, 4.69) is 4.98 Å². The predicted molar refractivity (Wildman–Crippen MR) is 118 cm³/mol. The van der Waals surface area contributed by atoms with E-state index in [1.807, 2.05) is 0 Å². The van der Waals surface area contributed by atoms with E-state index in [4.69, 9.17) is 24.7 Å². The maximum Gasteiger partial charge on any atom is 0.238 e. The van der Waals surface area contributed by atoms with Crippen molar-refractivity contribution < 1.29 is 27.7 Å². The van der Waals surface area contributed by atoms with Crippen molar-refractivity contribution in [2.75, 3.05) is 39.1 Å². The number of nitrogens with two attached hydrogens (primary N) is 1. The summed E-state index contributed by atoms with van der Waals surface area (Å²) in [5, 5.41) is 0. The summed E-state index contributed by atoms with van der Waals surface area (Å²) in [5.41, 5.74) is 6.56. The van der Waals surface area contributed by atoms with Gasteiger partial charge in [-0.15, -0.1) is 0 Å². The van der Waals surface area contributed by atoms with Crippen molar-refractivity contribution in [3.8, 4) is 23.0 Å². The minimum absolute atomic E-state index is 0.162. The number of benzene rings is 2. The zero-order chi connectivity index (χ0) is 23.3. The molecule has 0 aliphatic rings. The van der Waals surface area contributed by atoms with Crippen molar-refractivity contribution in [3.05, 3.63) is 65.4 Å². The number of nitrogens with zero attached hydrogens (tertiary/aromatic N) is 2. The molecule has 3 aromatic rings. The summed E-state index contributed by atoms with van der Waals surface area (Å²) >= 11 is 0. The number of halogens is 2. The molecule has 7 nitrogen and oxygen atoms in total. The molecule has 0 saturated carbocycles. The molecule has 9 heteroatoms. The van der Waals surface area contributed by atoms with Gasteiger partial charge in [-0.25, -0.2) is 4.39 Å². The molecule has 0 fully saturated rings. The van der Waals surface area contributed by atoms with Crippen molar-refractivity contribution in [1.29, 1.82) is 0 Å². The molecule has 2 N–H and O–H groups in total. The largest absolute Gasteiger partial charge is 0.497 e. The highest BCUT2D eigenvalue weighted by atomic mass is 19.1. The fourth-order valence-electron chi connectivity index (χ4n) is 3.28. The number of methoxy groups -OCH3 is 4. The van der Waals surface area contributed by atoms with E-state index in [-0.39, 0.29) is 24.6 Å². The van der Waals surface area contributed by atoms with Crippen LogP contribution in [0.25, 0.3) is 0 Å². The lowest BCUT2D eigenvalue weighted by Gasteiger charge is -2.26. The Labute approximate surface area is 185 Å². The molecule has 1 aromatic heterocycles. The average molecular weight is 445 g/mol. The highest BCUT2D eigenvalue weighted by molar-refractivity contribution is 5.52. The Morgan fingerprint density at radius 3 is 1.72 bits per heavy atom. The van der Waals surface area contributed by atoms with Crippen LogP contribution in [0.1, 0.15) is 11.1 Å². The lowest BCUT2D eigenvalue weighted by molar-refractivity contribution is 0.389. The molecule has 0 aliphatic heterocycles. The van der Waals surface area contributed by atoms with E-state index in [0.717, 1.165) is 17.2 Å². The molecule has 0 atom stereocenters. The number of hydrogen-bond donors (Lipinski definition) is 1. The lowest BCUT2D eigenvalue weighted by Crippen LogP contribution is -2.25. The van der Waals surface area contributed by atoms with Crippen LogP contribution < -0.4 is 29.6 Å². The second kappa shape index (κ2) is 10.0. The lowest BCUT2D eigenvalue weighted by atomic mass is 10.1. The van der Waals surface area contributed by atoms with Crippen LogP contribution >= 0.6 is 0 Å². The Morgan fingerprint density at radius 1 is 0.781 bits per heavy atom. The molecular weight excluding hydrogens is 420 g/mol. The first-order valence-electron chi connectivity index (χ1n) is 9.68. The molecule has 170 valence electrons. The maximum atomic E-state index is 14.8. The van der Waals surface area contributed by atoms with Crippen LogP contribution in [0.15, 0.2) is 42.5 Å². The number of ether oxygens (including phenoxy) is 4. The fourth-order valence-corrected chi connectivity index (χ4v) is 3.28. The van der Waals surface area contributed by atoms with Crippen molar-refractivity contribution >= 4 is 11.5 Å². The van der Waals surface area contributed by atoms with Gasteiger partial charge in [0, 0.05) is 42.4 Å². The van der Waals surface area contributed by atoms with Crippen LogP contribution in [0.2, 0.25) is 0 Å². The van der Waals surface area contributed by atoms with Crippen molar-refractivity contribution in [2.24, 2.45) is 0 Å². The topological polar surface area (TPSA) is 79.1 Å². The van der Waals surface area contributed by atoms with Crippen LogP contribution in [0.3, 0.4) is 0 Å². The first-order chi connectivity index (χ1) is 15.4. The summed E-state index contributed by atoms with van der Waals surface area (Å²) in [6.07, 6.45) is 0. The number of hydrogen-bond acceptors (Lipinski definition) is 7. The monoisotopic (exact) mass is 445 g/mol. The number of aromatic nitrogens is 1. The first kappa shape index (κ1) is 22.9. The van der Waals surface area contributed by atoms with Gasteiger partial charge in [-0.05, 0) is 24.3 Å². The van der Waals surface area contributed by atoms with Gasteiger partial charge in [-0.2, -0.15) is 9.37 Å². The molecule has 0 amide bonds. The van der Waals surface area contributed by atoms with Gasteiger partial charge in [-0.3, -0.25) is 0 Å². The molecule has 0 aliphatic carbocycles. The van der Waals surface area contributed by atoms with Crippen LogP contribution in [0.5, 0.6) is 23.0 Å². The standard InChI is InChI=1S/C23H25F2N3O4/c1-29-16-7-5-14(20(9-16)31-3)12-28(23-18(24)11-19(26)22(25)27-23)13-15-6-8-17(30-2)10-21(15)32-4/h5-11H,12-13,26H2,1-4H3. The van der Waals surface area contributed by atoms with Crippen LogP contribution in [-0.2, 0) is 13.1 Å². The number of nitrogen functional groups attached to an aromatic ring is 1. The van der Waals surface area contributed by atoms with E-state index in [1.165, 1.54) is 14.2 Å². The van der Waals surface area contributed by atoms with Gasteiger partial charge in [0.1, 0.15) is 23.0 Å². The third kappa shape index (κ3) is 4.93. The molecule has 0 saturated heterocycles. The Balaban J connectivity index is 2.06. The molecule has 1 heterocycles. The maximum absolute atomic E-state index is 14.8. The number of rotatable bonds is 9. The normalized spacial score (nSPS) is 10.6. The Hall–Kier alpha value is -3.75. The molecule has 2 aromatic carbocycles. The second-order valence-electron chi connectivity index (χ2n) is 6.89. The fraction of sp³-hybridized carbons (Fsp3) is 0.261. The van der Waals surface area contributed by atoms with Gasteiger partial charge in [0.2, 0.25) is 5.95 Å². The molecule has 3 rings (SSSR count). The van der Waals surface area contributed by atoms with Crippen molar-refractivity contribution in [3.63, 3.8) is 0 Å². The minimum atomic E-state index is -0.949. The molecule has 0 spiro atoms. The van der Waals surface area contributed by atoms with Crippen molar-refractivity contribution in [1.82, 2.24) is 4.98 Å². The van der Waals surface area contributed by atoms with E-state index in [0.29, 0.717) is 23.0 Å². The Bertz CT molecular complexity index is 1040. The number of pyridine rings is 1. The van der Waals surface area contributed by atoms with Gasteiger partial charge in [0.05, 0.1) is 34.1 Å². The van der Waals surface area contributed by atoms with Gasteiger partial charge in [0.15, 0.2) is 11.6 Å². The summed E-state index contributed by atoms with van der Waals surface area (Å²) in [7, 11) is 6.15. The Morgan fingerprint density at radius 2 is 1.28 bits per heavy atom. The molecule has 0 radical (unpaired) electrons. The minimum Gasteiger partial charge on any atom is -0.497 e. The zero-order valence-corrected chi connectivity index (χ0v) is 18.3. The van der Waals surface area contributed by atoms with Gasteiger partial charge < -0.3 is 29.6 Å². The molecule has 0 bridgehead atoms. The SMILES string of the molecule is COc1ccc(CN(Cc2ccc(OC)cc2OC)c2nc(F)c(N)cc2F)c(OC)c1. The van der Waals surface area contributed by atoms with Crippen LogP contribution in [-0.4, -0.2) is 33.4 Å². The highest BCUT2D eigenvalue weighted by Crippen LogP contribution is 2.32. The Kier molecular flexibility index (Phi) is 7.19. The van der Waals surface area contributed by atoms with Gasteiger partial charge >= 0.3 is 0 Å². The molecule has 32 heavy (non-hydrogen) atoms. The third-order valence-electron chi connectivity index (χ3n) is 4.95. The van der Waals surface area contributed by atoms with E-state index < -0.39 is 11.8 Å². The average Bonchev–Trinajstić information content (AvgIpc) is 2.81. The summed E-state index contributed by atoms with van der Waals surface area (Å²) in [6, 6.07) is 11.5. The smallest absolute Gasteiger partial charge is 0.238 e. The molecule has 0 unspecified atom stereocenters.